The van der Waals surface area contributed by atoms with Crippen LogP contribution in [0.25, 0.3) is 22.3 Å². The molecule has 156 valence electrons. The lowest BCUT2D eigenvalue weighted by Crippen LogP contribution is -2.50. The minimum absolute atomic E-state index is 0.0358. The lowest BCUT2D eigenvalue weighted by Gasteiger charge is -2.37. The van der Waals surface area contributed by atoms with Crippen LogP contribution in [0.1, 0.15) is 11.8 Å². The minimum atomic E-state index is -0.227. The predicted molar refractivity (Wildman–Crippen MR) is 112 cm³/mol. The first-order valence-electron chi connectivity index (χ1n) is 9.83. The number of benzene rings is 2. The van der Waals surface area contributed by atoms with Crippen LogP contribution in [0.15, 0.2) is 64.2 Å². The number of hydrogen-bond donors (Lipinski definition) is 0. The summed E-state index contributed by atoms with van der Waals surface area (Å²) in [6.07, 6.45) is 1.41. The number of hydrogen-bond acceptors (Lipinski definition) is 7. The topological polar surface area (TPSA) is 103 Å². The molecule has 9 heteroatoms. The molecule has 0 unspecified atom stereocenters. The number of likely N-dealkylation sites (tertiary alicyclic amines) is 1. The largest absolute Gasteiger partial charge is 0.496 e. The summed E-state index contributed by atoms with van der Waals surface area (Å²) in [5, 5.41) is 4.55. The van der Waals surface area contributed by atoms with E-state index < -0.39 is 0 Å². The Bertz CT molecular complexity index is 1320. The van der Waals surface area contributed by atoms with Crippen molar-refractivity contribution in [3.05, 3.63) is 71.1 Å². The molecule has 0 saturated carbocycles. The first-order valence-corrected chi connectivity index (χ1v) is 9.83. The van der Waals surface area contributed by atoms with Crippen LogP contribution in [0, 0.1) is 0 Å². The second-order valence-electron chi connectivity index (χ2n) is 7.35. The predicted octanol–water partition coefficient (Wildman–Crippen LogP) is 2.08. The molecule has 9 nitrogen and oxygen atoms in total. The van der Waals surface area contributed by atoms with Gasteiger partial charge in [0.25, 0.3) is 5.56 Å². The van der Waals surface area contributed by atoms with Gasteiger partial charge in [-0.1, -0.05) is 29.4 Å². The molecule has 1 fully saturated rings. The first-order chi connectivity index (χ1) is 15.1. The van der Waals surface area contributed by atoms with Crippen LogP contribution in [-0.4, -0.2) is 50.7 Å². The van der Waals surface area contributed by atoms with Crippen molar-refractivity contribution in [3.63, 3.8) is 0 Å². The standard InChI is InChI=1S/C22H19N5O4/c1-30-18-9-5-3-7-16(18)20-24-21(31-25-20)14-10-26(11-14)19(28)12-27-13-23-17-8-4-2-6-15(17)22(27)29/h2-9,13-14H,10-12H2,1H3. The van der Waals surface area contributed by atoms with E-state index in [9.17, 15) is 9.59 Å². The highest BCUT2D eigenvalue weighted by molar-refractivity contribution is 5.79. The zero-order valence-electron chi connectivity index (χ0n) is 16.8. The molecule has 0 N–H and O–H groups in total. The quantitative estimate of drug-likeness (QED) is 0.490. The van der Waals surface area contributed by atoms with E-state index in [4.69, 9.17) is 9.26 Å². The average molecular weight is 417 g/mol. The van der Waals surface area contributed by atoms with E-state index in [1.165, 1.54) is 10.9 Å². The van der Waals surface area contributed by atoms with Crippen molar-refractivity contribution >= 4 is 16.8 Å². The highest BCUT2D eigenvalue weighted by atomic mass is 16.5. The summed E-state index contributed by atoms with van der Waals surface area (Å²) in [6.45, 7) is 0.865. The molecule has 1 aliphatic heterocycles. The molecule has 0 spiro atoms. The Balaban J connectivity index is 1.25. The van der Waals surface area contributed by atoms with Gasteiger partial charge in [-0.25, -0.2) is 4.98 Å². The summed E-state index contributed by atoms with van der Waals surface area (Å²) < 4.78 is 12.1. The third kappa shape index (κ3) is 3.43. The van der Waals surface area contributed by atoms with Crippen LogP contribution in [0.2, 0.25) is 0 Å². The number of methoxy groups -OCH3 is 1. The second-order valence-corrected chi connectivity index (χ2v) is 7.35. The number of carbonyl (C=O) groups excluding carboxylic acids is 1. The number of fused-ring (bicyclic) bond motifs is 1. The fourth-order valence-corrected chi connectivity index (χ4v) is 3.64. The Morgan fingerprint density at radius 1 is 1.16 bits per heavy atom. The third-order valence-electron chi connectivity index (χ3n) is 5.41. The third-order valence-corrected chi connectivity index (χ3v) is 5.41. The normalized spacial score (nSPS) is 13.9. The Morgan fingerprint density at radius 2 is 1.94 bits per heavy atom. The van der Waals surface area contributed by atoms with Gasteiger partial charge in [0.2, 0.25) is 17.6 Å². The van der Waals surface area contributed by atoms with Gasteiger partial charge in [0.1, 0.15) is 12.3 Å². The number of carbonyl (C=O) groups is 1. The summed E-state index contributed by atoms with van der Waals surface area (Å²) in [7, 11) is 1.59. The monoisotopic (exact) mass is 417 g/mol. The van der Waals surface area contributed by atoms with E-state index in [0.717, 1.165) is 5.56 Å². The van der Waals surface area contributed by atoms with Crippen molar-refractivity contribution in [1.82, 2.24) is 24.6 Å². The zero-order chi connectivity index (χ0) is 21.4. The van der Waals surface area contributed by atoms with Gasteiger partial charge in [-0.3, -0.25) is 14.2 Å². The highest BCUT2D eigenvalue weighted by Gasteiger charge is 2.36. The van der Waals surface area contributed by atoms with Crippen molar-refractivity contribution in [3.8, 4) is 17.1 Å². The van der Waals surface area contributed by atoms with Crippen LogP contribution in [0.4, 0.5) is 0 Å². The Labute approximate surface area is 176 Å². The Kier molecular flexibility index (Phi) is 4.70. The van der Waals surface area contributed by atoms with Crippen LogP contribution in [0.3, 0.4) is 0 Å². The Morgan fingerprint density at radius 3 is 2.77 bits per heavy atom. The van der Waals surface area contributed by atoms with Crippen LogP contribution in [-0.2, 0) is 11.3 Å². The molecule has 0 radical (unpaired) electrons. The number of ether oxygens (including phenoxy) is 1. The van der Waals surface area contributed by atoms with Crippen molar-refractivity contribution in [2.24, 2.45) is 0 Å². The van der Waals surface area contributed by atoms with E-state index in [1.807, 2.05) is 30.3 Å². The maximum Gasteiger partial charge on any atom is 0.261 e. The van der Waals surface area contributed by atoms with E-state index in [2.05, 4.69) is 15.1 Å². The summed E-state index contributed by atoms with van der Waals surface area (Å²) in [6, 6.07) is 14.5. The smallest absolute Gasteiger partial charge is 0.261 e. The molecule has 0 atom stereocenters. The summed E-state index contributed by atoms with van der Waals surface area (Å²) in [5.74, 6) is 1.40. The van der Waals surface area contributed by atoms with Gasteiger partial charge < -0.3 is 14.2 Å². The highest BCUT2D eigenvalue weighted by Crippen LogP contribution is 2.31. The summed E-state index contributed by atoms with van der Waals surface area (Å²) in [4.78, 5) is 35.6. The molecule has 3 heterocycles. The van der Waals surface area contributed by atoms with Crippen LogP contribution >= 0.6 is 0 Å². The van der Waals surface area contributed by atoms with E-state index in [0.29, 0.717) is 41.5 Å². The maximum atomic E-state index is 12.6. The molecule has 31 heavy (non-hydrogen) atoms. The van der Waals surface area contributed by atoms with Crippen molar-refractivity contribution in [2.45, 2.75) is 12.5 Å². The molecule has 0 bridgehead atoms. The van der Waals surface area contributed by atoms with Crippen LogP contribution < -0.4 is 10.3 Å². The average Bonchev–Trinajstić information content (AvgIpc) is 3.24. The van der Waals surface area contributed by atoms with Gasteiger partial charge in [-0.2, -0.15) is 4.98 Å². The van der Waals surface area contributed by atoms with Gasteiger partial charge in [0, 0.05) is 13.1 Å². The van der Waals surface area contributed by atoms with Gasteiger partial charge >= 0.3 is 0 Å². The number of para-hydroxylation sites is 2. The molecular weight excluding hydrogens is 398 g/mol. The van der Waals surface area contributed by atoms with Crippen molar-refractivity contribution < 1.29 is 14.1 Å². The second kappa shape index (κ2) is 7.67. The first kappa shape index (κ1) is 19.0. The number of nitrogens with zero attached hydrogens (tertiary/aromatic N) is 5. The molecule has 2 aromatic carbocycles. The molecule has 2 aromatic heterocycles. The van der Waals surface area contributed by atoms with Crippen molar-refractivity contribution in [1.29, 1.82) is 0 Å². The van der Waals surface area contributed by atoms with E-state index >= 15 is 0 Å². The molecule has 1 aliphatic rings. The number of aromatic nitrogens is 4. The van der Waals surface area contributed by atoms with Gasteiger partial charge in [0.05, 0.1) is 35.8 Å². The van der Waals surface area contributed by atoms with E-state index in [-0.39, 0.29) is 23.9 Å². The van der Waals surface area contributed by atoms with Crippen molar-refractivity contribution in [2.75, 3.05) is 20.2 Å². The summed E-state index contributed by atoms with van der Waals surface area (Å²) in [5.41, 5.74) is 1.13. The lowest BCUT2D eigenvalue weighted by atomic mass is 10.00. The minimum Gasteiger partial charge on any atom is -0.496 e. The van der Waals surface area contributed by atoms with Gasteiger partial charge in [-0.15, -0.1) is 0 Å². The lowest BCUT2D eigenvalue weighted by molar-refractivity contribution is -0.136. The fraction of sp³-hybridized carbons (Fsp3) is 0.227. The zero-order valence-corrected chi connectivity index (χ0v) is 16.8. The SMILES string of the molecule is COc1ccccc1-c1noc(C2CN(C(=O)Cn3cnc4ccccc4c3=O)C2)n1. The Hall–Kier alpha value is -4.01. The van der Waals surface area contributed by atoms with Gasteiger partial charge in [-0.05, 0) is 24.3 Å². The van der Waals surface area contributed by atoms with Gasteiger partial charge in [0.15, 0.2) is 0 Å². The number of rotatable bonds is 5. The molecule has 5 rings (SSSR count). The van der Waals surface area contributed by atoms with E-state index in [1.54, 1.807) is 30.2 Å². The molecule has 0 aliphatic carbocycles. The molecular formula is C22H19N5O4. The molecule has 1 amide bonds. The number of amides is 1. The van der Waals surface area contributed by atoms with Crippen LogP contribution in [0.5, 0.6) is 5.75 Å². The fourth-order valence-electron chi connectivity index (χ4n) is 3.64. The molecule has 4 aromatic rings. The molecule has 1 saturated heterocycles. The summed E-state index contributed by atoms with van der Waals surface area (Å²) >= 11 is 0. The maximum absolute atomic E-state index is 12.6.